The van der Waals surface area contributed by atoms with E-state index in [0.29, 0.717) is 12.4 Å². The van der Waals surface area contributed by atoms with Crippen molar-refractivity contribution in [1.82, 2.24) is 14.8 Å². The van der Waals surface area contributed by atoms with Gasteiger partial charge in [0.05, 0.1) is 5.56 Å². The van der Waals surface area contributed by atoms with Gasteiger partial charge < -0.3 is 10.2 Å². The van der Waals surface area contributed by atoms with Crippen molar-refractivity contribution in [2.24, 2.45) is 7.05 Å². The van der Waals surface area contributed by atoms with Crippen molar-refractivity contribution < 1.29 is 13.2 Å². The van der Waals surface area contributed by atoms with Crippen LogP contribution in [-0.2, 0) is 13.2 Å². The molecule has 0 spiro atoms. The molecule has 3 heterocycles. The van der Waals surface area contributed by atoms with Crippen LogP contribution in [-0.4, -0.2) is 33.9 Å². The van der Waals surface area contributed by atoms with Gasteiger partial charge in [-0.15, -0.1) is 0 Å². The number of pyridine rings is 1. The molecule has 1 saturated heterocycles. The Morgan fingerprint density at radius 2 is 2.08 bits per heavy atom. The topological polar surface area (TPSA) is 63.1 Å². The molecule has 140 valence electrons. The number of rotatable bonds is 4. The van der Waals surface area contributed by atoms with E-state index in [9.17, 15) is 18.0 Å². The Bertz CT molecular complexity index is 821. The first-order valence-electron chi connectivity index (χ1n) is 8.43. The molecule has 3 rings (SSSR count). The largest absolute Gasteiger partial charge is 0.419 e. The van der Waals surface area contributed by atoms with Crippen LogP contribution >= 0.6 is 0 Å². The summed E-state index contributed by atoms with van der Waals surface area (Å²) in [4.78, 5) is 17.4. The number of aromatic nitrogens is 3. The summed E-state index contributed by atoms with van der Waals surface area (Å²) in [5, 5.41) is 7.11. The van der Waals surface area contributed by atoms with Crippen molar-refractivity contribution in [3.05, 3.63) is 46.4 Å². The van der Waals surface area contributed by atoms with Gasteiger partial charge >= 0.3 is 6.18 Å². The van der Waals surface area contributed by atoms with Crippen LogP contribution in [0.2, 0.25) is 0 Å². The Kier molecular flexibility index (Phi) is 5.15. The van der Waals surface area contributed by atoms with Gasteiger partial charge in [0.2, 0.25) is 0 Å². The van der Waals surface area contributed by atoms with Crippen LogP contribution in [0.4, 0.5) is 24.8 Å². The standard InChI is InChI=1S/C17H20F3N5O/c1-24-15(26)8-7-14(23-24)25-10-3-2-5-12(25)11-22-16-13(17(18,19)20)6-4-9-21-16/h4,6-9,12H,2-3,5,10-11H2,1H3,(H,21,22). The molecule has 1 N–H and O–H groups in total. The highest BCUT2D eigenvalue weighted by atomic mass is 19.4. The predicted octanol–water partition coefficient (Wildman–Crippen LogP) is 2.67. The normalized spacial score (nSPS) is 18.0. The highest BCUT2D eigenvalue weighted by Crippen LogP contribution is 2.33. The third-order valence-corrected chi connectivity index (χ3v) is 4.49. The second-order valence-corrected chi connectivity index (χ2v) is 6.27. The lowest BCUT2D eigenvalue weighted by molar-refractivity contribution is -0.137. The van der Waals surface area contributed by atoms with Crippen LogP contribution in [0.1, 0.15) is 24.8 Å². The fourth-order valence-electron chi connectivity index (χ4n) is 3.15. The van der Waals surface area contributed by atoms with Crippen molar-refractivity contribution in [1.29, 1.82) is 0 Å². The minimum atomic E-state index is -4.46. The lowest BCUT2D eigenvalue weighted by Gasteiger charge is -2.37. The summed E-state index contributed by atoms with van der Waals surface area (Å²) in [5.41, 5.74) is -0.980. The summed E-state index contributed by atoms with van der Waals surface area (Å²) in [5.74, 6) is 0.481. The van der Waals surface area contributed by atoms with E-state index in [4.69, 9.17) is 0 Å². The molecule has 0 saturated carbocycles. The van der Waals surface area contributed by atoms with Gasteiger partial charge in [-0.05, 0) is 37.5 Å². The van der Waals surface area contributed by atoms with Gasteiger partial charge in [0, 0.05) is 38.4 Å². The van der Waals surface area contributed by atoms with Crippen LogP contribution in [0, 0.1) is 0 Å². The molecule has 6 nitrogen and oxygen atoms in total. The first-order valence-corrected chi connectivity index (χ1v) is 8.43. The van der Waals surface area contributed by atoms with E-state index in [1.54, 1.807) is 13.1 Å². The number of nitrogens with one attached hydrogen (secondary N) is 1. The second kappa shape index (κ2) is 7.35. The van der Waals surface area contributed by atoms with Gasteiger partial charge in [-0.1, -0.05) is 0 Å². The number of hydrogen-bond donors (Lipinski definition) is 1. The predicted molar refractivity (Wildman–Crippen MR) is 92.2 cm³/mol. The summed E-state index contributed by atoms with van der Waals surface area (Å²) in [6.45, 7) is 1.05. The Hall–Kier alpha value is -2.58. The Morgan fingerprint density at radius 3 is 2.81 bits per heavy atom. The van der Waals surface area contributed by atoms with E-state index in [1.807, 2.05) is 4.90 Å². The Balaban J connectivity index is 1.78. The quantitative estimate of drug-likeness (QED) is 0.900. The van der Waals surface area contributed by atoms with Crippen molar-refractivity contribution in [2.45, 2.75) is 31.5 Å². The molecule has 1 aliphatic heterocycles. The van der Waals surface area contributed by atoms with Crippen molar-refractivity contribution in [3.8, 4) is 0 Å². The molecule has 0 radical (unpaired) electrons. The second-order valence-electron chi connectivity index (χ2n) is 6.27. The molecule has 2 aromatic rings. The number of anilines is 2. The average molecular weight is 367 g/mol. The molecule has 0 aromatic carbocycles. The maximum atomic E-state index is 13.1. The number of piperidine rings is 1. The lowest BCUT2D eigenvalue weighted by atomic mass is 10.0. The highest BCUT2D eigenvalue weighted by molar-refractivity contribution is 5.47. The van der Waals surface area contributed by atoms with Gasteiger partial charge in [-0.3, -0.25) is 4.79 Å². The number of nitrogens with zero attached hydrogens (tertiary/aromatic N) is 4. The molecule has 0 aliphatic carbocycles. The number of hydrogen-bond acceptors (Lipinski definition) is 5. The van der Waals surface area contributed by atoms with Gasteiger partial charge in [0.1, 0.15) is 11.6 Å². The lowest BCUT2D eigenvalue weighted by Crippen LogP contribution is -2.45. The highest BCUT2D eigenvalue weighted by Gasteiger charge is 2.34. The zero-order valence-corrected chi connectivity index (χ0v) is 14.3. The first-order chi connectivity index (χ1) is 12.4. The fraction of sp³-hybridized carbons (Fsp3) is 0.471. The third kappa shape index (κ3) is 3.97. The molecule has 1 aliphatic rings. The number of halogens is 3. The molecule has 1 unspecified atom stereocenters. The monoisotopic (exact) mass is 367 g/mol. The van der Waals surface area contributed by atoms with Crippen LogP contribution in [0.5, 0.6) is 0 Å². The van der Waals surface area contributed by atoms with Crippen molar-refractivity contribution in [3.63, 3.8) is 0 Å². The van der Waals surface area contributed by atoms with E-state index < -0.39 is 11.7 Å². The molecule has 0 bridgehead atoms. The molecule has 0 amide bonds. The number of aryl methyl sites for hydroxylation is 1. The van der Waals surface area contributed by atoms with Gasteiger partial charge in [-0.2, -0.15) is 18.3 Å². The smallest absolute Gasteiger partial charge is 0.368 e. The van der Waals surface area contributed by atoms with Crippen LogP contribution in [0.15, 0.2) is 35.3 Å². The van der Waals surface area contributed by atoms with Gasteiger partial charge in [0.25, 0.3) is 5.56 Å². The summed E-state index contributed by atoms with van der Waals surface area (Å²) in [6.07, 6.45) is -0.333. The van der Waals surface area contributed by atoms with E-state index in [2.05, 4.69) is 15.4 Å². The molecular formula is C17H20F3N5O. The average Bonchev–Trinajstić information content (AvgIpc) is 2.62. The molecule has 2 aromatic heterocycles. The Morgan fingerprint density at radius 1 is 1.27 bits per heavy atom. The fourth-order valence-corrected chi connectivity index (χ4v) is 3.15. The summed E-state index contributed by atoms with van der Waals surface area (Å²) < 4.78 is 40.6. The molecule has 9 heteroatoms. The van der Waals surface area contributed by atoms with Gasteiger partial charge in [-0.25, -0.2) is 9.67 Å². The van der Waals surface area contributed by atoms with E-state index in [1.165, 1.54) is 23.0 Å². The maximum absolute atomic E-state index is 13.1. The zero-order valence-electron chi connectivity index (χ0n) is 14.3. The molecule has 1 fully saturated rings. The first kappa shape index (κ1) is 18.2. The van der Waals surface area contributed by atoms with Crippen LogP contribution in [0.25, 0.3) is 0 Å². The molecular weight excluding hydrogens is 347 g/mol. The third-order valence-electron chi connectivity index (χ3n) is 4.49. The van der Waals surface area contributed by atoms with E-state index in [0.717, 1.165) is 31.9 Å². The molecule has 1 atom stereocenters. The summed E-state index contributed by atoms with van der Waals surface area (Å²) in [6, 6.07) is 5.36. The van der Waals surface area contributed by atoms with Crippen LogP contribution in [0.3, 0.4) is 0 Å². The van der Waals surface area contributed by atoms with Crippen molar-refractivity contribution in [2.75, 3.05) is 23.3 Å². The maximum Gasteiger partial charge on any atom is 0.419 e. The minimum absolute atomic E-state index is 0.0307. The molecule has 26 heavy (non-hydrogen) atoms. The van der Waals surface area contributed by atoms with E-state index >= 15 is 0 Å². The number of alkyl halides is 3. The Labute approximate surface area is 148 Å². The SMILES string of the molecule is Cn1nc(N2CCCCC2CNc2ncccc2C(F)(F)F)ccc1=O. The van der Waals surface area contributed by atoms with Crippen LogP contribution < -0.4 is 15.8 Å². The zero-order chi connectivity index (χ0) is 18.7. The summed E-state index contributed by atoms with van der Waals surface area (Å²) >= 11 is 0. The van der Waals surface area contributed by atoms with E-state index in [-0.39, 0.29) is 17.4 Å². The van der Waals surface area contributed by atoms with Crippen molar-refractivity contribution >= 4 is 11.6 Å². The minimum Gasteiger partial charge on any atom is -0.368 e. The van der Waals surface area contributed by atoms with Gasteiger partial charge in [0.15, 0.2) is 0 Å². The summed E-state index contributed by atoms with van der Waals surface area (Å²) in [7, 11) is 1.58.